The van der Waals surface area contributed by atoms with E-state index in [1.807, 2.05) is 0 Å². The molecule has 0 saturated heterocycles. The highest BCUT2D eigenvalue weighted by atomic mass is 35.5. The van der Waals surface area contributed by atoms with Crippen molar-refractivity contribution in [2.24, 2.45) is 0 Å². The summed E-state index contributed by atoms with van der Waals surface area (Å²) in [5.41, 5.74) is 3.46. The van der Waals surface area contributed by atoms with E-state index in [1.54, 1.807) is 0 Å². The molecule has 0 bridgehead atoms. The maximum absolute atomic E-state index is 6.28. The van der Waals surface area contributed by atoms with Crippen LogP contribution in [0, 0.1) is 6.92 Å². The fourth-order valence-electron chi connectivity index (χ4n) is 2.61. The minimum absolute atomic E-state index is 0.150. The van der Waals surface area contributed by atoms with Crippen LogP contribution in [0.5, 0.6) is 0 Å². The van der Waals surface area contributed by atoms with E-state index in [1.165, 1.54) is 29.4 Å². The topological polar surface area (TPSA) is 13.1 Å². The van der Waals surface area contributed by atoms with Gasteiger partial charge in [-0.3, -0.25) is 0 Å². The van der Waals surface area contributed by atoms with Crippen molar-refractivity contribution in [1.82, 2.24) is 0 Å². The largest absolute Gasteiger partial charge is 0.456 e. The van der Waals surface area contributed by atoms with Crippen molar-refractivity contribution in [3.05, 3.63) is 41.7 Å². The molecule has 94 valence electrons. The molecule has 1 nitrogen and oxygen atoms in total. The Kier molecular flexibility index (Phi) is 3.17. The Morgan fingerprint density at radius 1 is 1.28 bits per heavy atom. The van der Waals surface area contributed by atoms with E-state index >= 15 is 0 Å². The van der Waals surface area contributed by atoms with E-state index in [0.29, 0.717) is 0 Å². The third-order valence-corrected chi connectivity index (χ3v) is 3.96. The predicted molar refractivity (Wildman–Crippen MR) is 77.0 cm³/mol. The quantitative estimate of drug-likeness (QED) is 0.634. The summed E-state index contributed by atoms with van der Waals surface area (Å²) < 4.78 is 6.02. The Morgan fingerprint density at radius 3 is 3.00 bits per heavy atom. The molecule has 0 amide bonds. The van der Waals surface area contributed by atoms with Gasteiger partial charge < -0.3 is 4.42 Å². The van der Waals surface area contributed by atoms with Gasteiger partial charge in [-0.15, -0.1) is 11.6 Å². The monoisotopic (exact) mass is 260 g/mol. The number of hydrogen-bond acceptors (Lipinski definition) is 1. The van der Waals surface area contributed by atoms with E-state index in [9.17, 15) is 0 Å². The van der Waals surface area contributed by atoms with Crippen molar-refractivity contribution < 1.29 is 4.42 Å². The van der Waals surface area contributed by atoms with Gasteiger partial charge in [0.25, 0.3) is 0 Å². The molecule has 0 N–H and O–H groups in total. The van der Waals surface area contributed by atoms with Crippen LogP contribution >= 0.6 is 11.6 Å². The second kappa shape index (κ2) is 4.81. The van der Waals surface area contributed by atoms with Crippen LogP contribution in [0.25, 0.3) is 16.5 Å². The van der Waals surface area contributed by atoms with Gasteiger partial charge in [0.05, 0.1) is 5.38 Å². The molecule has 2 heteroatoms. The molecular weight excluding hydrogens is 244 g/mol. The molecular formula is C16H17ClO. The molecule has 3 rings (SSSR count). The molecule has 1 heterocycles. The summed E-state index contributed by atoms with van der Waals surface area (Å²) in [6.07, 6.45) is 6.71. The normalized spacial score (nSPS) is 20.8. The number of fused-ring (bicyclic) bond motifs is 1. The number of para-hydroxylation sites is 1. The number of halogens is 1. The summed E-state index contributed by atoms with van der Waals surface area (Å²) in [6, 6.07) is 8.40. The van der Waals surface area contributed by atoms with Gasteiger partial charge in [-0.1, -0.05) is 30.7 Å². The van der Waals surface area contributed by atoms with Gasteiger partial charge in [0.2, 0.25) is 0 Å². The highest BCUT2D eigenvalue weighted by molar-refractivity contribution is 6.22. The number of rotatable bonds is 1. The first-order valence-corrected chi connectivity index (χ1v) is 7.02. The van der Waals surface area contributed by atoms with Crippen LogP contribution in [0.2, 0.25) is 0 Å². The lowest BCUT2D eigenvalue weighted by Crippen LogP contribution is -1.90. The molecule has 1 aliphatic rings. The van der Waals surface area contributed by atoms with E-state index in [-0.39, 0.29) is 5.38 Å². The van der Waals surface area contributed by atoms with Crippen molar-refractivity contribution in [1.29, 1.82) is 0 Å². The summed E-state index contributed by atoms with van der Waals surface area (Å²) in [7, 11) is 0. The standard InChI is InChI=1S/C16H17ClO/c1-11-5-4-7-13-10-15(18-16(11)13)12-6-2-3-8-14(17)9-12/h4-5,7,9-10,14H,2-3,6,8H2,1H3. The molecule has 18 heavy (non-hydrogen) atoms. The van der Waals surface area contributed by atoms with Crippen molar-refractivity contribution in [3.63, 3.8) is 0 Å². The number of benzene rings is 1. The van der Waals surface area contributed by atoms with Gasteiger partial charge in [-0.25, -0.2) is 0 Å². The lowest BCUT2D eigenvalue weighted by molar-refractivity contribution is 0.592. The summed E-state index contributed by atoms with van der Waals surface area (Å²) in [4.78, 5) is 0. The second-order valence-electron chi connectivity index (χ2n) is 5.06. The summed E-state index contributed by atoms with van der Waals surface area (Å²) >= 11 is 6.28. The van der Waals surface area contributed by atoms with Crippen LogP contribution in [0.15, 0.2) is 34.8 Å². The lowest BCUT2D eigenvalue weighted by Gasteiger charge is -2.01. The minimum atomic E-state index is 0.150. The summed E-state index contributed by atoms with van der Waals surface area (Å²) in [5.74, 6) is 0.992. The number of hydrogen-bond donors (Lipinski definition) is 0. The van der Waals surface area contributed by atoms with E-state index < -0.39 is 0 Å². The smallest absolute Gasteiger partial charge is 0.137 e. The average Bonchev–Trinajstić information content (AvgIpc) is 2.67. The SMILES string of the molecule is Cc1cccc2cc(C3=CC(Cl)CCCC3)oc12. The molecule has 0 aliphatic heterocycles. The zero-order valence-electron chi connectivity index (χ0n) is 10.6. The molecule has 0 radical (unpaired) electrons. The van der Waals surface area contributed by atoms with Crippen molar-refractivity contribution in [3.8, 4) is 0 Å². The van der Waals surface area contributed by atoms with Crippen molar-refractivity contribution >= 4 is 28.1 Å². The highest BCUT2D eigenvalue weighted by Gasteiger charge is 2.15. The molecule has 1 atom stereocenters. The van der Waals surface area contributed by atoms with Gasteiger partial charge in [-0.2, -0.15) is 0 Å². The van der Waals surface area contributed by atoms with Crippen LogP contribution in [0.4, 0.5) is 0 Å². The highest BCUT2D eigenvalue weighted by Crippen LogP contribution is 2.32. The van der Waals surface area contributed by atoms with Crippen molar-refractivity contribution in [2.75, 3.05) is 0 Å². The van der Waals surface area contributed by atoms with Gasteiger partial charge in [0.15, 0.2) is 0 Å². The van der Waals surface area contributed by atoms with Gasteiger partial charge >= 0.3 is 0 Å². The molecule has 0 fully saturated rings. The number of aryl methyl sites for hydroxylation is 1. The fourth-order valence-corrected chi connectivity index (χ4v) is 2.92. The van der Waals surface area contributed by atoms with Crippen LogP contribution in [0.1, 0.15) is 37.0 Å². The molecule has 2 aromatic rings. The van der Waals surface area contributed by atoms with E-state index in [2.05, 4.69) is 37.3 Å². The third-order valence-electron chi connectivity index (χ3n) is 3.62. The van der Waals surface area contributed by atoms with Gasteiger partial charge in [-0.05, 0) is 43.4 Å². The van der Waals surface area contributed by atoms with E-state index in [0.717, 1.165) is 24.2 Å². The Labute approximate surface area is 112 Å². The fraction of sp³-hybridized carbons (Fsp3) is 0.375. The summed E-state index contributed by atoms with van der Waals surface area (Å²) in [6.45, 7) is 2.08. The molecule has 0 spiro atoms. The first-order chi connectivity index (χ1) is 8.74. The Balaban J connectivity index is 2.06. The maximum atomic E-state index is 6.28. The average molecular weight is 261 g/mol. The molecule has 1 unspecified atom stereocenters. The van der Waals surface area contributed by atoms with Crippen LogP contribution in [-0.2, 0) is 0 Å². The minimum Gasteiger partial charge on any atom is -0.456 e. The Morgan fingerprint density at radius 2 is 2.17 bits per heavy atom. The van der Waals surface area contributed by atoms with Gasteiger partial charge in [0, 0.05) is 5.39 Å². The number of allylic oxidation sites excluding steroid dienone is 2. The van der Waals surface area contributed by atoms with Crippen molar-refractivity contribution in [2.45, 2.75) is 38.0 Å². The van der Waals surface area contributed by atoms with Crippen LogP contribution in [0.3, 0.4) is 0 Å². The first kappa shape index (κ1) is 11.9. The molecule has 0 saturated carbocycles. The van der Waals surface area contributed by atoms with E-state index in [4.69, 9.17) is 16.0 Å². The van der Waals surface area contributed by atoms with Crippen LogP contribution < -0.4 is 0 Å². The summed E-state index contributed by atoms with van der Waals surface area (Å²) in [5, 5.41) is 1.33. The molecule has 1 aromatic heterocycles. The molecule has 1 aromatic carbocycles. The Bertz CT molecular complexity index is 594. The lowest BCUT2D eigenvalue weighted by atomic mass is 10.1. The van der Waals surface area contributed by atoms with Gasteiger partial charge in [0.1, 0.15) is 11.3 Å². The Hall–Kier alpha value is -1.21. The zero-order chi connectivity index (χ0) is 12.5. The van der Waals surface area contributed by atoms with Crippen LogP contribution in [-0.4, -0.2) is 5.38 Å². The maximum Gasteiger partial charge on any atom is 0.137 e. The predicted octanol–water partition coefficient (Wildman–Crippen LogP) is 5.31. The third kappa shape index (κ3) is 2.20. The molecule has 1 aliphatic carbocycles. The second-order valence-corrected chi connectivity index (χ2v) is 5.62. The first-order valence-electron chi connectivity index (χ1n) is 6.58. The number of furan rings is 1. The zero-order valence-corrected chi connectivity index (χ0v) is 11.3. The number of alkyl halides is 1.